The topological polar surface area (TPSA) is 3.24 Å². The van der Waals surface area contributed by atoms with Gasteiger partial charge in [0.15, 0.2) is 0 Å². The summed E-state index contributed by atoms with van der Waals surface area (Å²) in [7, 11) is 0. The Labute approximate surface area is 406 Å². The third-order valence-electron chi connectivity index (χ3n) is 16.8. The molecule has 2 atom stereocenters. The highest BCUT2D eigenvalue weighted by Crippen LogP contribution is 2.60. The number of hydrogen-bond acceptors (Lipinski definition) is 1. The Hall–Kier alpha value is -8.00. The maximum Gasteiger partial charge on any atom is 0.0470 e. The van der Waals surface area contributed by atoms with E-state index >= 15 is 0 Å². The fourth-order valence-electron chi connectivity index (χ4n) is 13.5. The van der Waals surface area contributed by atoms with Gasteiger partial charge in [-0.25, -0.2) is 0 Å². The molecular weight excluding hydrogens is 831 g/mol. The number of rotatable bonds is 6. The van der Waals surface area contributed by atoms with Gasteiger partial charge in [0, 0.05) is 33.3 Å². The van der Waals surface area contributed by atoms with Gasteiger partial charge >= 0.3 is 0 Å². The maximum absolute atomic E-state index is 2.52. The molecule has 0 aromatic heterocycles. The molecule has 4 aliphatic carbocycles. The lowest BCUT2D eigenvalue weighted by Gasteiger charge is -2.31. The Bertz CT molecular complexity index is 3710. The molecule has 2 unspecified atom stereocenters. The van der Waals surface area contributed by atoms with Crippen LogP contribution in [0.3, 0.4) is 0 Å². The van der Waals surface area contributed by atoms with E-state index in [2.05, 4.69) is 256 Å². The molecule has 328 valence electrons. The van der Waals surface area contributed by atoms with Crippen molar-refractivity contribution in [3.8, 4) is 55.6 Å². The van der Waals surface area contributed by atoms with Gasteiger partial charge in [-0.3, -0.25) is 0 Å². The van der Waals surface area contributed by atoms with Crippen LogP contribution in [-0.4, -0.2) is 0 Å². The second kappa shape index (κ2) is 14.7. The average Bonchev–Trinajstić information content (AvgIpc) is 4.09. The van der Waals surface area contributed by atoms with E-state index in [4.69, 9.17) is 0 Å². The van der Waals surface area contributed by atoms with Gasteiger partial charge in [0.2, 0.25) is 0 Å². The summed E-state index contributed by atoms with van der Waals surface area (Å²) in [6.45, 7) is 7.16. The molecule has 0 heterocycles. The van der Waals surface area contributed by atoms with E-state index < -0.39 is 0 Å². The van der Waals surface area contributed by atoms with Crippen LogP contribution in [0.2, 0.25) is 0 Å². The van der Waals surface area contributed by atoms with E-state index in [-0.39, 0.29) is 16.2 Å². The number of anilines is 3. The lowest BCUT2D eigenvalue weighted by Crippen LogP contribution is -2.24. The molecule has 10 aromatic rings. The summed E-state index contributed by atoms with van der Waals surface area (Å²) in [5.41, 5.74) is 28.5. The minimum Gasteiger partial charge on any atom is -0.310 e. The van der Waals surface area contributed by atoms with Crippen LogP contribution in [0.25, 0.3) is 55.6 Å². The van der Waals surface area contributed by atoms with Crippen LogP contribution in [0.1, 0.15) is 77.3 Å². The first-order valence-electron chi connectivity index (χ1n) is 24.7. The van der Waals surface area contributed by atoms with Crippen LogP contribution >= 0.6 is 0 Å². The number of benzene rings is 10. The predicted molar refractivity (Wildman–Crippen MR) is 287 cm³/mol. The van der Waals surface area contributed by atoms with Crippen LogP contribution in [0.15, 0.2) is 231 Å². The summed E-state index contributed by atoms with van der Waals surface area (Å²) >= 11 is 0. The fourth-order valence-corrected chi connectivity index (χ4v) is 13.5. The summed E-state index contributed by atoms with van der Waals surface area (Å²) in [5, 5.41) is 0. The van der Waals surface area contributed by atoms with Crippen LogP contribution in [0, 0.1) is 0 Å². The first-order chi connectivity index (χ1) is 33.8. The zero-order valence-electron chi connectivity index (χ0n) is 39.3. The average molecular weight is 882 g/mol. The van der Waals surface area contributed by atoms with Crippen molar-refractivity contribution in [1.82, 2.24) is 0 Å². The van der Waals surface area contributed by atoms with E-state index in [1.54, 1.807) is 0 Å². The van der Waals surface area contributed by atoms with Gasteiger partial charge in [-0.2, -0.15) is 0 Å². The Morgan fingerprint density at radius 2 is 0.841 bits per heavy atom. The molecule has 1 spiro atoms. The highest BCUT2D eigenvalue weighted by Gasteiger charge is 2.48. The normalized spacial score (nSPS) is 18.2. The number of hydrogen-bond donors (Lipinski definition) is 0. The molecule has 0 saturated carbocycles. The van der Waals surface area contributed by atoms with E-state index in [0.29, 0.717) is 0 Å². The Balaban J connectivity index is 0.900. The quantitative estimate of drug-likeness (QED) is 0.161. The molecule has 0 amide bonds. The van der Waals surface area contributed by atoms with E-state index in [1.807, 2.05) is 0 Å². The zero-order chi connectivity index (χ0) is 46.1. The first kappa shape index (κ1) is 40.1. The van der Waals surface area contributed by atoms with Gasteiger partial charge in [0.25, 0.3) is 0 Å². The lowest BCUT2D eigenvalue weighted by atomic mass is 9.73. The third-order valence-corrected chi connectivity index (χ3v) is 16.8. The lowest BCUT2D eigenvalue weighted by molar-refractivity contribution is 0.626. The Morgan fingerprint density at radius 3 is 1.58 bits per heavy atom. The number of nitrogens with zero attached hydrogens (tertiary/aromatic N) is 1. The highest BCUT2D eigenvalue weighted by atomic mass is 15.1. The molecule has 0 fully saturated rings. The molecule has 0 radical (unpaired) electrons. The maximum atomic E-state index is 2.52. The van der Waals surface area contributed by atoms with Gasteiger partial charge < -0.3 is 4.90 Å². The van der Waals surface area contributed by atoms with Crippen molar-refractivity contribution in [2.45, 2.75) is 49.9 Å². The molecule has 10 aromatic carbocycles. The van der Waals surface area contributed by atoms with E-state index in [0.717, 1.165) is 29.9 Å². The van der Waals surface area contributed by atoms with Gasteiger partial charge in [-0.05, 0) is 168 Å². The minimum absolute atomic E-state index is 0.102. The Morgan fingerprint density at radius 1 is 0.333 bits per heavy atom. The predicted octanol–water partition coefficient (Wildman–Crippen LogP) is 17.4. The second-order valence-electron chi connectivity index (χ2n) is 20.5. The van der Waals surface area contributed by atoms with Crippen molar-refractivity contribution in [2.75, 3.05) is 4.90 Å². The molecule has 14 rings (SSSR count). The molecule has 69 heavy (non-hydrogen) atoms. The largest absolute Gasteiger partial charge is 0.310 e. The molecule has 0 saturated heterocycles. The summed E-state index contributed by atoms with van der Waals surface area (Å²) in [6.07, 6.45) is 2.14. The van der Waals surface area contributed by atoms with Gasteiger partial charge in [0.1, 0.15) is 0 Å². The summed E-state index contributed by atoms with van der Waals surface area (Å²) in [6, 6.07) is 87.1. The third kappa shape index (κ3) is 5.59. The van der Waals surface area contributed by atoms with Crippen molar-refractivity contribution < 1.29 is 0 Å². The number of aryl methyl sites for hydroxylation is 1. The Kier molecular flexibility index (Phi) is 8.57. The molecular formula is C68H51N. The van der Waals surface area contributed by atoms with Gasteiger partial charge in [0.05, 0.1) is 0 Å². The first-order valence-corrected chi connectivity index (χ1v) is 24.7. The van der Waals surface area contributed by atoms with Crippen molar-refractivity contribution in [3.63, 3.8) is 0 Å². The monoisotopic (exact) mass is 881 g/mol. The standard InChI is InChI=1S/C68H51N/c1-66(2)60-25-12-8-21-55(60)58-23-15-22-52(65(58)66)45-30-35-50(36-31-45)69(51-37-39-57-54-20-10-14-27-62(54)68(64(57)43-51)41-40-46-16-7-11-24-59(46)68)49-33-28-44(29-34-49)47-32-38-56-53-19-9-13-26-61(53)67(3,63(56)42-47)48-17-5-4-6-18-48/h4-39,42-43H,40-41H2,1-3H3. The number of fused-ring (bicyclic) bond motifs is 13. The molecule has 1 nitrogen and oxygen atoms in total. The zero-order valence-corrected chi connectivity index (χ0v) is 39.3. The van der Waals surface area contributed by atoms with Crippen molar-refractivity contribution in [1.29, 1.82) is 0 Å². The molecule has 4 aliphatic rings. The van der Waals surface area contributed by atoms with Crippen molar-refractivity contribution >= 4 is 17.1 Å². The van der Waals surface area contributed by atoms with Crippen LogP contribution in [0.5, 0.6) is 0 Å². The van der Waals surface area contributed by atoms with Gasteiger partial charge in [-0.15, -0.1) is 0 Å². The van der Waals surface area contributed by atoms with E-state index in [1.165, 1.54) is 106 Å². The minimum atomic E-state index is -0.254. The SMILES string of the molecule is CC1(C)c2ccccc2-c2cccc(-c3ccc(N(c4ccc(-c5ccc6c(c5)C(C)(c5ccccc5)c5ccccc5-6)cc4)c4ccc5c(c4)C4(CCc6ccccc64)c4ccccc4-5)cc3)c21. The van der Waals surface area contributed by atoms with E-state index in [9.17, 15) is 0 Å². The van der Waals surface area contributed by atoms with Crippen LogP contribution in [0.4, 0.5) is 17.1 Å². The fraction of sp³-hybridized carbons (Fsp3) is 0.118. The highest BCUT2D eigenvalue weighted by molar-refractivity contribution is 5.92. The molecule has 0 aliphatic heterocycles. The smallest absolute Gasteiger partial charge is 0.0470 e. The molecule has 1 heteroatoms. The van der Waals surface area contributed by atoms with Gasteiger partial charge in [-0.1, -0.05) is 202 Å². The van der Waals surface area contributed by atoms with Crippen molar-refractivity contribution in [3.05, 3.63) is 281 Å². The molecule has 0 bridgehead atoms. The summed E-state index contributed by atoms with van der Waals surface area (Å²) < 4.78 is 0. The van der Waals surface area contributed by atoms with Crippen LogP contribution < -0.4 is 4.90 Å². The second-order valence-corrected chi connectivity index (χ2v) is 20.5. The van der Waals surface area contributed by atoms with Crippen LogP contribution in [-0.2, 0) is 22.7 Å². The molecule has 0 N–H and O–H groups in total. The summed E-state index contributed by atoms with van der Waals surface area (Å²) in [5.74, 6) is 0. The van der Waals surface area contributed by atoms with Crippen molar-refractivity contribution in [2.24, 2.45) is 0 Å². The summed E-state index contributed by atoms with van der Waals surface area (Å²) in [4.78, 5) is 2.48.